The van der Waals surface area contributed by atoms with Gasteiger partial charge in [-0.05, 0) is 35.2 Å². The van der Waals surface area contributed by atoms with Crippen molar-refractivity contribution in [2.75, 3.05) is 0 Å². The Kier molecular flexibility index (Phi) is 5.99. The molecule has 1 amide bonds. The second-order valence-electron chi connectivity index (χ2n) is 6.16. The minimum Gasteiger partial charge on any atom is -0.473 e. The number of pyridine rings is 1. The molecule has 0 unspecified atom stereocenters. The largest absolute Gasteiger partial charge is 0.473 e. The molecular weight excluding hydrogens is 324 g/mol. The second kappa shape index (κ2) is 8.81. The van der Waals surface area contributed by atoms with Gasteiger partial charge in [0.2, 0.25) is 11.8 Å². The molecule has 4 nitrogen and oxygen atoms in total. The maximum absolute atomic E-state index is 12.2. The van der Waals surface area contributed by atoms with Crippen molar-refractivity contribution in [1.29, 1.82) is 0 Å². The van der Waals surface area contributed by atoms with Crippen LogP contribution in [-0.2, 0) is 24.4 Å². The molecule has 0 radical (unpaired) electrons. The van der Waals surface area contributed by atoms with Gasteiger partial charge in [0.1, 0.15) is 6.61 Å². The fraction of sp³-hybridized carbons (Fsp3) is 0.182. The molecule has 26 heavy (non-hydrogen) atoms. The monoisotopic (exact) mass is 346 g/mol. The van der Waals surface area contributed by atoms with Crippen molar-refractivity contribution < 1.29 is 9.53 Å². The molecule has 1 heterocycles. The zero-order valence-corrected chi connectivity index (χ0v) is 14.8. The average Bonchev–Trinajstić information content (AvgIpc) is 2.68. The van der Waals surface area contributed by atoms with Gasteiger partial charge in [0, 0.05) is 18.8 Å². The van der Waals surface area contributed by atoms with E-state index in [1.54, 1.807) is 6.20 Å². The van der Waals surface area contributed by atoms with Crippen molar-refractivity contribution in [3.8, 4) is 5.88 Å². The van der Waals surface area contributed by atoms with Gasteiger partial charge in [0.25, 0.3) is 0 Å². The van der Waals surface area contributed by atoms with Crippen LogP contribution in [0.3, 0.4) is 0 Å². The molecule has 3 aromatic rings. The lowest BCUT2D eigenvalue weighted by atomic mass is 10.1. The van der Waals surface area contributed by atoms with E-state index in [0.29, 0.717) is 25.5 Å². The number of aromatic nitrogens is 1. The Balaban J connectivity index is 1.52. The third kappa shape index (κ3) is 5.18. The van der Waals surface area contributed by atoms with Crippen molar-refractivity contribution in [2.24, 2.45) is 0 Å². The van der Waals surface area contributed by atoms with Gasteiger partial charge in [-0.25, -0.2) is 4.98 Å². The van der Waals surface area contributed by atoms with Gasteiger partial charge < -0.3 is 10.1 Å². The predicted molar refractivity (Wildman–Crippen MR) is 102 cm³/mol. The smallest absolute Gasteiger partial charge is 0.224 e. The van der Waals surface area contributed by atoms with Gasteiger partial charge in [0.15, 0.2) is 0 Å². The zero-order chi connectivity index (χ0) is 18.2. The van der Waals surface area contributed by atoms with Gasteiger partial charge >= 0.3 is 0 Å². The Labute approximate surface area is 153 Å². The van der Waals surface area contributed by atoms with Crippen LogP contribution in [0, 0.1) is 6.92 Å². The fourth-order valence-corrected chi connectivity index (χ4v) is 2.62. The third-order valence-electron chi connectivity index (χ3n) is 4.13. The number of benzene rings is 2. The van der Waals surface area contributed by atoms with Gasteiger partial charge in [-0.15, -0.1) is 0 Å². The number of ether oxygens (including phenoxy) is 1. The lowest BCUT2D eigenvalue weighted by molar-refractivity contribution is -0.120. The molecule has 0 saturated heterocycles. The van der Waals surface area contributed by atoms with E-state index in [2.05, 4.69) is 10.3 Å². The number of aryl methyl sites for hydroxylation is 1. The first-order chi connectivity index (χ1) is 12.7. The maximum atomic E-state index is 12.2. The van der Waals surface area contributed by atoms with E-state index in [9.17, 15) is 4.79 Å². The van der Waals surface area contributed by atoms with E-state index in [1.807, 2.05) is 73.7 Å². The molecule has 2 aromatic carbocycles. The van der Waals surface area contributed by atoms with Crippen LogP contribution in [0.15, 0.2) is 72.9 Å². The molecule has 132 valence electrons. The van der Waals surface area contributed by atoms with Crippen LogP contribution in [0.4, 0.5) is 0 Å². The van der Waals surface area contributed by atoms with E-state index in [0.717, 1.165) is 22.3 Å². The molecular formula is C22H22N2O2. The first kappa shape index (κ1) is 17.7. The summed E-state index contributed by atoms with van der Waals surface area (Å²) in [4.78, 5) is 16.4. The Morgan fingerprint density at radius 1 is 1.00 bits per heavy atom. The Hall–Kier alpha value is -3.14. The molecule has 0 atom stereocenters. The first-order valence-corrected chi connectivity index (χ1v) is 8.63. The van der Waals surface area contributed by atoms with Crippen LogP contribution >= 0.6 is 0 Å². The van der Waals surface area contributed by atoms with Crippen LogP contribution in [0.2, 0.25) is 0 Å². The van der Waals surface area contributed by atoms with E-state index in [4.69, 9.17) is 4.74 Å². The Morgan fingerprint density at radius 2 is 1.77 bits per heavy atom. The normalized spacial score (nSPS) is 10.3. The summed E-state index contributed by atoms with van der Waals surface area (Å²) in [7, 11) is 0. The quantitative estimate of drug-likeness (QED) is 0.707. The van der Waals surface area contributed by atoms with Crippen LogP contribution in [0.25, 0.3) is 0 Å². The minimum absolute atomic E-state index is 0.00265. The fourth-order valence-electron chi connectivity index (χ4n) is 2.62. The second-order valence-corrected chi connectivity index (χ2v) is 6.16. The van der Waals surface area contributed by atoms with E-state index in [-0.39, 0.29) is 5.91 Å². The number of nitrogens with zero attached hydrogens (tertiary/aromatic N) is 1. The molecule has 0 aliphatic rings. The number of carbonyl (C=O) groups is 1. The lowest BCUT2D eigenvalue weighted by Crippen LogP contribution is -2.24. The van der Waals surface area contributed by atoms with Gasteiger partial charge in [0.05, 0.1) is 6.42 Å². The van der Waals surface area contributed by atoms with Gasteiger partial charge in [-0.2, -0.15) is 0 Å². The highest BCUT2D eigenvalue weighted by Crippen LogP contribution is 2.12. The highest BCUT2D eigenvalue weighted by Gasteiger charge is 2.06. The molecule has 0 aliphatic carbocycles. The summed E-state index contributed by atoms with van der Waals surface area (Å²) in [6.07, 6.45) is 2.08. The van der Waals surface area contributed by atoms with Crippen molar-refractivity contribution in [3.63, 3.8) is 0 Å². The van der Waals surface area contributed by atoms with Crippen molar-refractivity contribution in [3.05, 3.63) is 95.2 Å². The highest BCUT2D eigenvalue weighted by atomic mass is 16.5. The first-order valence-electron chi connectivity index (χ1n) is 8.63. The topological polar surface area (TPSA) is 51.2 Å². The summed E-state index contributed by atoms with van der Waals surface area (Å²) in [6, 6.07) is 21.6. The molecule has 1 N–H and O–H groups in total. The molecule has 0 bridgehead atoms. The summed E-state index contributed by atoms with van der Waals surface area (Å²) in [6.45, 7) is 2.94. The van der Waals surface area contributed by atoms with Crippen LogP contribution in [0.5, 0.6) is 5.88 Å². The lowest BCUT2D eigenvalue weighted by Gasteiger charge is -2.09. The zero-order valence-electron chi connectivity index (χ0n) is 14.8. The summed E-state index contributed by atoms with van der Waals surface area (Å²) >= 11 is 0. The summed E-state index contributed by atoms with van der Waals surface area (Å²) in [5.41, 5.74) is 4.22. The number of hydrogen-bond acceptors (Lipinski definition) is 3. The van der Waals surface area contributed by atoms with Crippen molar-refractivity contribution >= 4 is 5.91 Å². The van der Waals surface area contributed by atoms with Crippen LogP contribution in [0.1, 0.15) is 22.3 Å². The maximum Gasteiger partial charge on any atom is 0.224 e. The number of hydrogen-bond donors (Lipinski definition) is 1. The number of nitrogens with one attached hydrogen (secondary N) is 1. The molecule has 0 spiro atoms. The summed E-state index contributed by atoms with van der Waals surface area (Å²) < 4.78 is 5.73. The molecule has 1 aromatic heterocycles. The summed E-state index contributed by atoms with van der Waals surface area (Å²) in [5.74, 6) is 0.558. The molecule has 0 fully saturated rings. The van der Waals surface area contributed by atoms with Gasteiger partial charge in [-0.1, -0.05) is 54.6 Å². The SMILES string of the molecule is Cc1ccccc1CC(=O)NCc1ccnc(OCc2ccccc2)c1. The highest BCUT2D eigenvalue weighted by molar-refractivity contribution is 5.78. The van der Waals surface area contributed by atoms with E-state index >= 15 is 0 Å². The minimum atomic E-state index is 0.00265. The van der Waals surface area contributed by atoms with E-state index in [1.165, 1.54) is 0 Å². The van der Waals surface area contributed by atoms with Gasteiger partial charge in [-0.3, -0.25) is 4.79 Å². The molecule has 0 aliphatic heterocycles. The predicted octanol–water partition coefficient (Wildman–Crippen LogP) is 3.83. The third-order valence-corrected chi connectivity index (χ3v) is 4.13. The van der Waals surface area contributed by atoms with Crippen LogP contribution in [-0.4, -0.2) is 10.9 Å². The van der Waals surface area contributed by atoms with Crippen molar-refractivity contribution in [1.82, 2.24) is 10.3 Å². The number of carbonyl (C=O) groups excluding carboxylic acids is 1. The molecule has 0 saturated carbocycles. The van der Waals surface area contributed by atoms with Crippen molar-refractivity contribution in [2.45, 2.75) is 26.5 Å². The van der Waals surface area contributed by atoms with Crippen LogP contribution < -0.4 is 10.1 Å². The molecule has 4 heteroatoms. The molecule has 3 rings (SSSR count). The summed E-state index contributed by atoms with van der Waals surface area (Å²) in [5, 5.41) is 2.95. The standard InChI is InChI=1S/C22H22N2O2/c1-17-7-5-6-10-20(17)14-21(25)24-15-19-11-12-23-22(13-19)26-16-18-8-3-2-4-9-18/h2-13H,14-16H2,1H3,(H,24,25). The Bertz CT molecular complexity index is 863. The average molecular weight is 346 g/mol. The Morgan fingerprint density at radius 3 is 2.58 bits per heavy atom. The number of amides is 1. The number of rotatable bonds is 7. The van der Waals surface area contributed by atoms with E-state index < -0.39 is 0 Å².